The van der Waals surface area contributed by atoms with Crippen LogP contribution in [0, 0.1) is 0 Å². The van der Waals surface area contributed by atoms with Gasteiger partial charge in [0.05, 0.1) is 0 Å². The Hall–Kier alpha value is -2.10. The average Bonchev–Trinajstić information content (AvgIpc) is 2.81. The van der Waals surface area contributed by atoms with E-state index in [-0.39, 0.29) is 0 Å². The second-order valence-electron chi connectivity index (χ2n) is 3.13. The third-order valence-electron chi connectivity index (χ3n) is 2.09. The summed E-state index contributed by atoms with van der Waals surface area (Å²) in [6, 6.07) is 11.6. The zero-order valence-corrected chi connectivity index (χ0v) is 8.11. The van der Waals surface area contributed by atoms with E-state index in [4.69, 9.17) is 5.21 Å². The van der Waals surface area contributed by atoms with E-state index in [1.807, 2.05) is 30.3 Å². The molecule has 0 aliphatic rings. The van der Waals surface area contributed by atoms with Gasteiger partial charge in [-0.15, -0.1) is 0 Å². The normalized spacial score (nSPS) is 11.6. The van der Waals surface area contributed by atoms with E-state index < -0.39 is 0 Å². The molecule has 0 amide bonds. The molecule has 0 aliphatic heterocycles. The summed E-state index contributed by atoms with van der Waals surface area (Å²) in [6.45, 7) is 0. The van der Waals surface area contributed by atoms with Crippen molar-refractivity contribution in [2.24, 2.45) is 5.16 Å². The van der Waals surface area contributed by atoms with Crippen LogP contribution in [0.5, 0.6) is 0 Å². The van der Waals surface area contributed by atoms with Gasteiger partial charge in [0.2, 0.25) is 0 Å². The number of aromatic nitrogens is 2. The van der Waals surface area contributed by atoms with Crippen molar-refractivity contribution < 1.29 is 5.21 Å². The minimum absolute atomic E-state index is 0.506. The number of hydrogen-bond donors (Lipinski definition) is 1. The molecule has 15 heavy (non-hydrogen) atoms. The van der Waals surface area contributed by atoms with Gasteiger partial charge in [-0.25, -0.2) is 4.68 Å². The minimum Gasteiger partial charge on any atom is -0.409 e. The molecule has 0 unspecified atom stereocenters. The van der Waals surface area contributed by atoms with Crippen molar-refractivity contribution >= 4 is 5.84 Å². The second kappa shape index (κ2) is 4.41. The summed E-state index contributed by atoms with van der Waals surface area (Å²) in [7, 11) is 0. The molecule has 2 aromatic rings. The molecule has 0 bridgehead atoms. The summed E-state index contributed by atoms with van der Waals surface area (Å²) >= 11 is 0. The first-order valence-corrected chi connectivity index (χ1v) is 4.65. The lowest BCUT2D eigenvalue weighted by Gasteiger charge is -2.03. The molecule has 1 N–H and O–H groups in total. The van der Waals surface area contributed by atoms with Gasteiger partial charge in [0.15, 0.2) is 5.84 Å². The van der Waals surface area contributed by atoms with Crippen LogP contribution in [0.1, 0.15) is 5.56 Å². The smallest absolute Gasteiger partial charge is 0.173 e. The minimum atomic E-state index is 0.506. The highest BCUT2D eigenvalue weighted by atomic mass is 16.4. The standard InChI is InChI=1S/C11H11N3O/c15-13-11(14-8-4-7-12-14)9-10-5-2-1-3-6-10/h1-8,15H,9H2. The summed E-state index contributed by atoms with van der Waals surface area (Å²) in [5, 5.41) is 16.1. The van der Waals surface area contributed by atoms with E-state index in [1.54, 1.807) is 23.1 Å². The fourth-order valence-corrected chi connectivity index (χ4v) is 1.36. The lowest BCUT2D eigenvalue weighted by molar-refractivity contribution is 0.315. The maximum Gasteiger partial charge on any atom is 0.173 e. The summed E-state index contributed by atoms with van der Waals surface area (Å²) in [4.78, 5) is 0. The summed E-state index contributed by atoms with van der Waals surface area (Å²) in [6.07, 6.45) is 3.95. The van der Waals surface area contributed by atoms with Gasteiger partial charge >= 0.3 is 0 Å². The Morgan fingerprint density at radius 3 is 2.67 bits per heavy atom. The molecule has 0 saturated carbocycles. The Morgan fingerprint density at radius 2 is 2.07 bits per heavy atom. The maximum atomic E-state index is 8.89. The molecule has 0 saturated heterocycles. The fraction of sp³-hybridized carbons (Fsp3) is 0.0909. The van der Waals surface area contributed by atoms with Crippen molar-refractivity contribution in [3.63, 3.8) is 0 Å². The second-order valence-corrected chi connectivity index (χ2v) is 3.13. The van der Waals surface area contributed by atoms with Crippen molar-refractivity contribution in [3.05, 3.63) is 54.4 Å². The van der Waals surface area contributed by atoms with Crippen LogP contribution in [0.3, 0.4) is 0 Å². The highest BCUT2D eigenvalue weighted by Crippen LogP contribution is 2.02. The summed E-state index contributed by atoms with van der Waals surface area (Å²) < 4.78 is 1.55. The van der Waals surface area contributed by atoms with Crippen LogP contribution in [0.2, 0.25) is 0 Å². The Morgan fingerprint density at radius 1 is 1.27 bits per heavy atom. The Balaban J connectivity index is 2.18. The number of nitrogens with zero attached hydrogens (tertiary/aromatic N) is 3. The zero-order valence-electron chi connectivity index (χ0n) is 8.11. The summed E-state index contributed by atoms with van der Waals surface area (Å²) in [5.41, 5.74) is 1.08. The molecule has 4 nitrogen and oxygen atoms in total. The van der Waals surface area contributed by atoms with Gasteiger partial charge in [-0.3, -0.25) is 0 Å². The van der Waals surface area contributed by atoms with Crippen molar-refractivity contribution in [2.75, 3.05) is 0 Å². The van der Waals surface area contributed by atoms with Crippen LogP contribution in [-0.2, 0) is 6.42 Å². The molecule has 0 radical (unpaired) electrons. The molecule has 1 aromatic carbocycles. The highest BCUT2D eigenvalue weighted by molar-refractivity contribution is 5.85. The molecule has 1 heterocycles. The highest BCUT2D eigenvalue weighted by Gasteiger charge is 2.04. The number of oxime groups is 1. The molecule has 2 rings (SSSR count). The molecule has 0 aliphatic carbocycles. The Labute approximate surface area is 87.5 Å². The Kier molecular flexibility index (Phi) is 2.78. The number of benzene rings is 1. The third kappa shape index (κ3) is 2.22. The summed E-state index contributed by atoms with van der Waals surface area (Å²) in [5.74, 6) is 0.506. The Bertz CT molecular complexity index is 434. The molecule has 4 heteroatoms. The van der Waals surface area contributed by atoms with Crippen LogP contribution >= 0.6 is 0 Å². The molecular weight excluding hydrogens is 190 g/mol. The number of rotatable bonds is 2. The van der Waals surface area contributed by atoms with Gasteiger partial charge in [0.1, 0.15) is 0 Å². The first kappa shape index (κ1) is 9.45. The zero-order chi connectivity index (χ0) is 10.5. The van der Waals surface area contributed by atoms with Crippen LogP contribution in [0.15, 0.2) is 53.9 Å². The fourth-order valence-electron chi connectivity index (χ4n) is 1.36. The lowest BCUT2D eigenvalue weighted by atomic mass is 10.1. The molecule has 1 aromatic heterocycles. The third-order valence-corrected chi connectivity index (χ3v) is 2.09. The molecule has 0 atom stereocenters. The van der Waals surface area contributed by atoms with E-state index in [2.05, 4.69) is 10.3 Å². The van der Waals surface area contributed by atoms with Crippen LogP contribution in [0.25, 0.3) is 0 Å². The van der Waals surface area contributed by atoms with E-state index in [9.17, 15) is 0 Å². The first-order chi connectivity index (χ1) is 7.40. The molecule has 0 spiro atoms. The van der Waals surface area contributed by atoms with Crippen LogP contribution in [-0.4, -0.2) is 20.8 Å². The van der Waals surface area contributed by atoms with E-state index >= 15 is 0 Å². The van der Waals surface area contributed by atoms with Crippen LogP contribution < -0.4 is 0 Å². The van der Waals surface area contributed by atoms with Gasteiger partial charge in [0.25, 0.3) is 0 Å². The van der Waals surface area contributed by atoms with Crippen molar-refractivity contribution in [2.45, 2.75) is 6.42 Å². The van der Waals surface area contributed by atoms with Gasteiger partial charge in [0, 0.05) is 18.8 Å². The van der Waals surface area contributed by atoms with Crippen molar-refractivity contribution in [1.29, 1.82) is 0 Å². The largest absolute Gasteiger partial charge is 0.409 e. The molecule has 76 valence electrons. The monoisotopic (exact) mass is 201 g/mol. The van der Waals surface area contributed by atoms with E-state index in [0.29, 0.717) is 12.3 Å². The maximum absolute atomic E-state index is 8.89. The topological polar surface area (TPSA) is 50.4 Å². The predicted octanol–water partition coefficient (Wildman–Crippen LogP) is 1.76. The molecule has 0 fully saturated rings. The lowest BCUT2D eigenvalue weighted by Crippen LogP contribution is -2.15. The van der Waals surface area contributed by atoms with Crippen molar-refractivity contribution in [1.82, 2.24) is 9.78 Å². The van der Waals surface area contributed by atoms with Gasteiger partial charge in [-0.1, -0.05) is 35.5 Å². The van der Waals surface area contributed by atoms with Gasteiger partial charge < -0.3 is 5.21 Å². The first-order valence-electron chi connectivity index (χ1n) is 4.65. The van der Waals surface area contributed by atoms with Crippen molar-refractivity contribution in [3.8, 4) is 0 Å². The van der Waals surface area contributed by atoms with Gasteiger partial charge in [-0.2, -0.15) is 5.10 Å². The molecular formula is C11H11N3O. The predicted molar refractivity (Wildman–Crippen MR) is 57.0 cm³/mol. The SMILES string of the molecule is ON=C(Cc1ccccc1)n1cccn1. The van der Waals surface area contributed by atoms with E-state index in [1.165, 1.54) is 0 Å². The van der Waals surface area contributed by atoms with E-state index in [0.717, 1.165) is 5.56 Å². The average molecular weight is 201 g/mol. The quantitative estimate of drug-likeness (QED) is 0.348. The van der Waals surface area contributed by atoms with Gasteiger partial charge in [-0.05, 0) is 11.6 Å². The van der Waals surface area contributed by atoms with Crippen LogP contribution in [0.4, 0.5) is 0 Å². The number of hydrogen-bond acceptors (Lipinski definition) is 3.